The molecule has 0 amide bonds. The predicted molar refractivity (Wildman–Crippen MR) is 107 cm³/mol. The van der Waals surface area contributed by atoms with E-state index in [1.54, 1.807) is 7.11 Å². The van der Waals surface area contributed by atoms with E-state index in [0.717, 1.165) is 0 Å². The number of methoxy groups -OCH3 is 1. The van der Waals surface area contributed by atoms with E-state index in [1.807, 2.05) is 0 Å². The van der Waals surface area contributed by atoms with Crippen molar-refractivity contribution >= 4 is 23.9 Å². The van der Waals surface area contributed by atoms with Crippen molar-refractivity contribution in [1.82, 2.24) is 5.09 Å². The SMILES string of the molecule is [B][C@@H]1O[C@H](COP(=O)(NC)OCC[N+]#[C-])C(OC)[C@@H]1O[Si](C)(C)C(C)(C)C. The van der Waals surface area contributed by atoms with E-state index >= 15 is 0 Å². The Labute approximate surface area is 165 Å². The fourth-order valence-corrected chi connectivity index (χ4v) is 4.67. The van der Waals surface area contributed by atoms with Crippen LogP contribution in [0.3, 0.4) is 0 Å². The molecule has 11 heteroatoms. The van der Waals surface area contributed by atoms with Crippen molar-refractivity contribution in [3.63, 3.8) is 0 Å². The third-order valence-corrected chi connectivity index (χ3v) is 11.0. The second kappa shape index (κ2) is 9.99. The number of hydrogen-bond donors (Lipinski definition) is 1. The maximum atomic E-state index is 12.5. The minimum atomic E-state index is -3.53. The summed E-state index contributed by atoms with van der Waals surface area (Å²) in [5.41, 5.74) is 0. The zero-order chi connectivity index (χ0) is 20.9. The standard InChI is InChI=1S/C16H32BN2O6PSi/c1-16(2,3)27(7,8)25-14-13(21-6)12(24-15(14)17)11-23-26(20,19-5)22-10-9-18-4/h12-15H,9-11H2,1-3,5-8H3,(H,19,20)/t12-,13?,14+,15-,26?/m1/s1. The third kappa shape index (κ3) is 6.65. The monoisotopic (exact) mass is 418 g/mol. The van der Waals surface area contributed by atoms with Crippen LogP contribution in [0.1, 0.15) is 20.8 Å². The highest BCUT2D eigenvalue weighted by Gasteiger charge is 2.49. The first-order chi connectivity index (χ1) is 12.4. The van der Waals surface area contributed by atoms with Crippen LogP contribution in [0, 0.1) is 6.57 Å². The highest BCUT2D eigenvalue weighted by atomic mass is 31.2. The van der Waals surface area contributed by atoms with E-state index in [1.165, 1.54) is 7.05 Å². The minimum absolute atomic E-state index is 0.0114. The first-order valence-corrected chi connectivity index (χ1v) is 13.4. The van der Waals surface area contributed by atoms with E-state index in [-0.39, 0.29) is 24.8 Å². The molecule has 1 N–H and O–H groups in total. The van der Waals surface area contributed by atoms with Gasteiger partial charge in [-0.05, 0) is 25.2 Å². The Bertz CT molecular complexity index is 568. The van der Waals surface area contributed by atoms with Crippen LogP contribution in [0.15, 0.2) is 0 Å². The second-order valence-corrected chi connectivity index (χ2v) is 14.6. The summed E-state index contributed by atoms with van der Waals surface area (Å²) in [5, 5.41) is 2.54. The molecule has 0 spiro atoms. The lowest BCUT2D eigenvalue weighted by Gasteiger charge is -2.40. The van der Waals surface area contributed by atoms with Crippen LogP contribution < -0.4 is 5.09 Å². The van der Waals surface area contributed by atoms with E-state index in [9.17, 15) is 4.57 Å². The Morgan fingerprint density at radius 3 is 2.41 bits per heavy atom. The number of nitrogens with zero attached hydrogens (tertiary/aromatic N) is 1. The molecule has 1 rings (SSSR count). The molecule has 0 saturated carbocycles. The van der Waals surface area contributed by atoms with Gasteiger partial charge in [-0.15, -0.1) is 0 Å². The van der Waals surface area contributed by atoms with E-state index in [4.69, 9.17) is 37.4 Å². The van der Waals surface area contributed by atoms with Crippen LogP contribution in [0.5, 0.6) is 0 Å². The third-order valence-electron chi connectivity index (χ3n) is 5.00. The van der Waals surface area contributed by atoms with Crippen LogP contribution in [0.25, 0.3) is 4.85 Å². The van der Waals surface area contributed by atoms with Crippen LogP contribution in [0.4, 0.5) is 0 Å². The van der Waals surface area contributed by atoms with E-state index in [0.29, 0.717) is 0 Å². The molecule has 1 heterocycles. The van der Waals surface area contributed by atoms with Crippen molar-refractivity contribution in [2.24, 2.45) is 0 Å². The Morgan fingerprint density at radius 1 is 1.30 bits per heavy atom. The summed E-state index contributed by atoms with van der Waals surface area (Å²) >= 11 is 0. The van der Waals surface area contributed by atoms with Gasteiger partial charge in [0.1, 0.15) is 26.7 Å². The summed E-state index contributed by atoms with van der Waals surface area (Å²) in [5.74, 6) is 0. The number of ether oxygens (including phenoxy) is 2. The number of hydrogen-bond acceptors (Lipinski definition) is 6. The summed E-state index contributed by atoms with van der Waals surface area (Å²) in [6.45, 7) is 17.5. The molecule has 2 radical (unpaired) electrons. The summed E-state index contributed by atoms with van der Waals surface area (Å²) in [6.07, 6.45) is -1.45. The van der Waals surface area contributed by atoms with Crippen molar-refractivity contribution in [2.45, 2.75) is 63.2 Å². The molecule has 0 aromatic rings. The first-order valence-electron chi connectivity index (χ1n) is 8.94. The first kappa shape index (κ1) is 24.8. The molecule has 1 aliphatic rings. The second-order valence-electron chi connectivity index (χ2n) is 7.91. The highest BCUT2D eigenvalue weighted by Crippen LogP contribution is 2.44. The molecule has 2 unspecified atom stereocenters. The van der Waals surface area contributed by atoms with Crippen molar-refractivity contribution in [3.8, 4) is 0 Å². The summed E-state index contributed by atoms with van der Waals surface area (Å²) in [6, 6.07) is -0.672. The maximum Gasteiger partial charge on any atom is 0.405 e. The molecule has 0 aromatic heterocycles. The average Bonchev–Trinajstić information content (AvgIpc) is 2.87. The molecule has 27 heavy (non-hydrogen) atoms. The van der Waals surface area contributed by atoms with Crippen molar-refractivity contribution in [3.05, 3.63) is 11.4 Å². The van der Waals surface area contributed by atoms with E-state index < -0.39 is 40.4 Å². The van der Waals surface area contributed by atoms with E-state index in [2.05, 4.69) is 43.8 Å². The van der Waals surface area contributed by atoms with Gasteiger partial charge >= 0.3 is 7.75 Å². The van der Waals surface area contributed by atoms with Gasteiger partial charge in [-0.3, -0.25) is 9.05 Å². The van der Waals surface area contributed by atoms with Crippen LogP contribution in [0.2, 0.25) is 18.1 Å². The Kier molecular flexibility index (Phi) is 9.18. The molecule has 1 fully saturated rings. The predicted octanol–water partition coefficient (Wildman–Crippen LogP) is 2.57. The molecule has 0 aliphatic carbocycles. The smallest absolute Gasteiger partial charge is 0.405 e. The zero-order valence-electron chi connectivity index (χ0n) is 17.4. The Morgan fingerprint density at radius 2 is 1.93 bits per heavy atom. The fourth-order valence-electron chi connectivity index (χ4n) is 2.37. The largest absolute Gasteiger partial charge is 0.409 e. The zero-order valence-corrected chi connectivity index (χ0v) is 19.2. The number of nitrogens with one attached hydrogen (secondary N) is 1. The highest BCUT2D eigenvalue weighted by molar-refractivity contribution is 7.51. The molecule has 5 atom stereocenters. The van der Waals surface area contributed by atoms with Crippen LogP contribution in [-0.2, 0) is 27.5 Å². The molecular weight excluding hydrogens is 386 g/mol. The van der Waals surface area contributed by atoms with Gasteiger partial charge in [0.05, 0.1) is 12.7 Å². The average molecular weight is 418 g/mol. The van der Waals surface area contributed by atoms with Crippen molar-refractivity contribution in [1.29, 1.82) is 0 Å². The minimum Gasteiger partial charge on any atom is -0.409 e. The van der Waals surface area contributed by atoms with Gasteiger partial charge < -0.3 is 18.7 Å². The fraction of sp³-hybridized carbons (Fsp3) is 0.938. The molecule has 0 bridgehead atoms. The Balaban J connectivity index is 2.78. The normalized spacial score (nSPS) is 28.7. The van der Waals surface area contributed by atoms with Gasteiger partial charge in [0, 0.05) is 13.1 Å². The molecule has 154 valence electrons. The van der Waals surface area contributed by atoms with Crippen molar-refractivity contribution < 1.29 is 27.5 Å². The van der Waals surface area contributed by atoms with Crippen molar-refractivity contribution in [2.75, 3.05) is 33.9 Å². The summed E-state index contributed by atoms with van der Waals surface area (Å²) in [7, 11) is 3.56. The molecule has 1 aliphatic heterocycles. The maximum absolute atomic E-state index is 12.5. The molecule has 1 saturated heterocycles. The topological polar surface area (TPSA) is 79.6 Å². The lowest BCUT2D eigenvalue weighted by molar-refractivity contribution is -0.0281. The lowest BCUT2D eigenvalue weighted by Crippen LogP contribution is -2.50. The van der Waals surface area contributed by atoms with Gasteiger partial charge in [-0.25, -0.2) is 16.2 Å². The Hall–Kier alpha value is -0.238. The molecular formula is C16H32BN2O6PSi. The summed E-state index contributed by atoms with van der Waals surface area (Å²) in [4.78, 5) is 3.16. The number of rotatable bonds is 10. The molecule has 8 nitrogen and oxygen atoms in total. The van der Waals surface area contributed by atoms with Gasteiger partial charge in [-0.2, -0.15) is 0 Å². The van der Waals surface area contributed by atoms with Crippen LogP contribution >= 0.6 is 7.75 Å². The molecule has 0 aromatic carbocycles. The van der Waals surface area contributed by atoms with Gasteiger partial charge in [-0.1, -0.05) is 20.8 Å². The van der Waals surface area contributed by atoms with Crippen LogP contribution in [-0.4, -0.2) is 74.4 Å². The van der Waals surface area contributed by atoms with Gasteiger partial charge in [0.15, 0.2) is 8.32 Å². The lowest BCUT2D eigenvalue weighted by atomic mass is 9.93. The summed E-state index contributed by atoms with van der Waals surface area (Å²) < 4.78 is 40.9. The van der Waals surface area contributed by atoms with Gasteiger partial charge in [0.2, 0.25) is 6.54 Å². The van der Waals surface area contributed by atoms with Gasteiger partial charge in [0.25, 0.3) is 0 Å². The quantitative estimate of drug-likeness (QED) is 0.253.